The summed E-state index contributed by atoms with van der Waals surface area (Å²) in [7, 11) is -3.40. The molecule has 3 N–H and O–H groups in total. The molecule has 32 heavy (non-hydrogen) atoms. The van der Waals surface area contributed by atoms with Gasteiger partial charge in [0.1, 0.15) is 0 Å². The van der Waals surface area contributed by atoms with Crippen LogP contribution in [0.25, 0.3) is 0 Å². The first kappa shape index (κ1) is 22.8. The van der Waals surface area contributed by atoms with Gasteiger partial charge in [-0.1, -0.05) is 31.4 Å². The van der Waals surface area contributed by atoms with Gasteiger partial charge in [0.2, 0.25) is 0 Å². The molecule has 1 aliphatic heterocycles. The second kappa shape index (κ2) is 10.0. The van der Waals surface area contributed by atoms with Gasteiger partial charge in [-0.2, -0.15) is 0 Å². The number of rotatable bonds is 6. The molecule has 1 amide bonds. The number of likely N-dealkylation sites (tertiary alicyclic amines) is 1. The summed E-state index contributed by atoms with van der Waals surface area (Å²) in [6, 6.07) is 13.3. The van der Waals surface area contributed by atoms with Crippen LogP contribution in [-0.4, -0.2) is 44.1 Å². The summed E-state index contributed by atoms with van der Waals surface area (Å²) in [5.74, 6) is 0.463. The van der Waals surface area contributed by atoms with Gasteiger partial charge in [0.15, 0.2) is 9.84 Å². The first-order valence-electron chi connectivity index (χ1n) is 11.7. The summed E-state index contributed by atoms with van der Waals surface area (Å²) in [4.78, 5) is 15.2. The highest BCUT2D eigenvalue weighted by Gasteiger charge is 2.32. The van der Waals surface area contributed by atoms with Gasteiger partial charge >= 0.3 is 0 Å². The predicted molar refractivity (Wildman–Crippen MR) is 128 cm³/mol. The normalized spacial score (nSPS) is 19.0. The zero-order chi connectivity index (χ0) is 22.6. The number of benzene rings is 2. The SMILES string of the molecule is Nc1ccccc1NC(=O)c1ccc(S(=O)(=O)C2CCN(CC3CCCCC3)CC2)cc1. The Hall–Kier alpha value is -2.38. The number of piperidine rings is 1. The fraction of sp³-hybridized carbons (Fsp3) is 0.480. The number of anilines is 2. The van der Waals surface area contributed by atoms with Gasteiger partial charge in [-0.25, -0.2) is 8.42 Å². The Morgan fingerprint density at radius 1 is 0.938 bits per heavy atom. The van der Waals surface area contributed by atoms with Crippen LogP contribution in [0.2, 0.25) is 0 Å². The van der Waals surface area contributed by atoms with E-state index in [4.69, 9.17) is 5.73 Å². The predicted octanol–water partition coefficient (Wildman–Crippen LogP) is 4.34. The number of nitrogens with two attached hydrogens (primary N) is 1. The van der Waals surface area contributed by atoms with Gasteiger partial charge in [-0.15, -0.1) is 0 Å². The van der Waals surface area contributed by atoms with E-state index in [1.807, 2.05) is 0 Å². The van der Waals surface area contributed by atoms with E-state index in [1.165, 1.54) is 32.1 Å². The molecule has 1 heterocycles. The number of nitrogens with one attached hydrogen (secondary N) is 1. The molecule has 0 radical (unpaired) electrons. The quantitative estimate of drug-likeness (QED) is 0.632. The van der Waals surface area contributed by atoms with Gasteiger partial charge in [0.25, 0.3) is 5.91 Å². The van der Waals surface area contributed by atoms with Gasteiger partial charge in [-0.05, 0) is 81.1 Å². The van der Waals surface area contributed by atoms with E-state index in [-0.39, 0.29) is 11.2 Å². The van der Waals surface area contributed by atoms with E-state index in [9.17, 15) is 13.2 Å². The molecule has 1 saturated carbocycles. The summed E-state index contributed by atoms with van der Waals surface area (Å²) in [6.45, 7) is 2.81. The Labute approximate surface area is 191 Å². The lowest BCUT2D eigenvalue weighted by atomic mass is 9.88. The second-order valence-corrected chi connectivity index (χ2v) is 11.3. The maximum Gasteiger partial charge on any atom is 0.255 e. The molecule has 1 saturated heterocycles. The lowest BCUT2D eigenvalue weighted by Crippen LogP contribution is -2.41. The smallest absolute Gasteiger partial charge is 0.255 e. The van der Waals surface area contributed by atoms with Crippen molar-refractivity contribution >= 4 is 27.1 Å². The molecule has 2 aromatic carbocycles. The van der Waals surface area contributed by atoms with Crippen molar-refractivity contribution in [1.29, 1.82) is 0 Å². The third-order valence-corrected chi connectivity index (χ3v) is 9.15. The van der Waals surface area contributed by atoms with Crippen molar-refractivity contribution < 1.29 is 13.2 Å². The van der Waals surface area contributed by atoms with Crippen LogP contribution >= 0.6 is 0 Å². The molecule has 2 aliphatic rings. The van der Waals surface area contributed by atoms with Crippen LogP contribution < -0.4 is 11.1 Å². The monoisotopic (exact) mass is 455 g/mol. The van der Waals surface area contributed by atoms with E-state index < -0.39 is 9.84 Å². The Kier molecular flexibility index (Phi) is 7.16. The highest BCUT2D eigenvalue weighted by Crippen LogP contribution is 2.28. The summed E-state index contributed by atoms with van der Waals surface area (Å²) >= 11 is 0. The fourth-order valence-corrected chi connectivity index (χ4v) is 6.66. The number of hydrogen-bond donors (Lipinski definition) is 2. The number of nitrogens with zero attached hydrogens (tertiary/aromatic N) is 1. The molecule has 0 unspecified atom stereocenters. The largest absolute Gasteiger partial charge is 0.397 e. The molecule has 0 atom stereocenters. The van der Waals surface area contributed by atoms with Crippen molar-refractivity contribution in [2.75, 3.05) is 30.7 Å². The Bertz CT molecular complexity index is 1020. The average molecular weight is 456 g/mol. The van der Waals surface area contributed by atoms with Gasteiger partial charge in [0, 0.05) is 12.1 Å². The van der Waals surface area contributed by atoms with Gasteiger partial charge in [-0.3, -0.25) is 4.79 Å². The van der Waals surface area contributed by atoms with Crippen LogP contribution in [0, 0.1) is 5.92 Å². The van der Waals surface area contributed by atoms with Crippen molar-refractivity contribution in [2.45, 2.75) is 55.1 Å². The van der Waals surface area contributed by atoms with Crippen LogP contribution in [-0.2, 0) is 9.84 Å². The van der Waals surface area contributed by atoms with Gasteiger partial charge in [0.05, 0.1) is 21.5 Å². The lowest BCUT2D eigenvalue weighted by Gasteiger charge is -2.35. The molecule has 2 fully saturated rings. The number of amides is 1. The lowest BCUT2D eigenvalue weighted by molar-refractivity contribution is 0.102. The van der Waals surface area contributed by atoms with Crippen LogP contribution in [0.1, 0.15) is 55.3 Å². The Morgan fingerprint density at radius 2 is 1.59 bits per heavy atom. The molecule has 6 nitrogen and oxygen atoms in total. The van der Waals surface area contributed by atoms with E-state index in [2.05, 4.69) is 10.2 Å². The summed E-state index contributed by atoms with van der Waals surface area (Å²) in [5, 5.41) is 2.41. The molecular weight excluding hydrogens is 422 g/mol. The maximum atomic E-state index is 13.2. The number of sulfone groups is 1. The van der Waals surface area contributed by atoms with Crippen LogP contribution in [0.3, 0.4) is 0 Å². The first-order chi connectivity index (χ1) is 15.4. The van der Waals surface area contributed by atoms with E-state index in [1.54, 1.807) is 48.5 Å². The van der Waals surface area contributed by atoms with Crippen molar-refractivity contribution in [2.24, 2.45) is 5.92 Å². The van der Waals surface area contributed by atoms with Crippen molar-refractivity contribution in [1.82, 2.24) is 4.90 Å². The topological polar surface area (TPSA) is 92.5 Å². The molecule has 0 spiro atoms. The molecule has 2 aromatic rings. The van der Waals surface area contributed by atoms with Crippen LogP contribution in [0.15, 0.2) is 53.4 Å². The second-order valence-electron chi connectivity index (χ2n) is 9.11. The van der Waals surface area contributed by atoms with Gasteiger partial charge < -0.3 is 16.0 Å². The standard InChI is InChI=1S/C25H33N3O3S/c26-23-8-4-5-9-24(23)27-25(29)20-10-12-21(13-11-20)32(30,31)22-14-16-28(17-15-22)18-19-6-2-1-3-7-19/h4-5,8-13,19,22H,1-3,6-7,14-18,26H2,(H,27,29). The Morgan fingerprint density at radius 3 is 2.25 bits per heavy atom. The number of hydrogen-bond acceptors (Lipinski definition) is 5. The molecule has 0 bridgehead atoms. The zero-order valence-corrected chi connectivity index (χ0v) is 19.3. The minimum Gasteiger partial charge on any atom is -0.397 e. The van der Waals surface area contributed by atoms with E-state index >= 15 is 0 Å². The molecule has 4 rings (SSSR count). The number of nitrogen functional groups attached to an aromatic ring is 1. The summed E-state index contributed by atoms with van der Waals surface area (Å²) in [6.07, 6.45) is 8.00. The molecule has 172 valence electrons. The average Bonchev–Trinajstić information content (AvgIpc) is 2.82. The minimum atomic E-state index is -3.40. The van der Waals surface area contributed by atoms with Crippen molar-refractivity contribution in [3.63, 3.8) is 0 Å². The molecule has 1 aliphatic carbocycles. The highest BCUT2D eigenvalue weighted by molar-refractivity contribution is 7.92. The minimum absolute atomic E-state index is 0.291. The number of para-hydroxylation sites is 2. The van der Waals surface area contributed by atoms with Crippen molar-refractivity contribution in [3.05, 3.63) is 54.1 Å². The number of carbonyl (C=O) groups excluding carboxylic acids is 1. The summed E-state index contributed by atoms with van der Waals surface area (Å²) < 4.78 is 26.3. The fourth-order valence-electron chi connectivity index (χ4n) is 4.93. The van der Waals surface area contributed by atoms with Crippen LogP contribution in [0.4, 0.5) is 11.4 Å². The third kappa shape index (κ3) is 5.33. The molecule has 7 heteroatoms. The zero-order valence-electron chi connectivity index (χ0n) is 18.5. The maximum absolute atomic E-state index is 13.2. The van der Waals surface area contributed by atoms with Crippen LogP contribution in [0.5, 0.6) is 0 Å². The van der Waals surface area contributed by atoms with Crippen molar-refractivity contribution in [3.8, 4) is 0 Å². The number of carbonyl (C=O) groups is 1. The highest BCUT2D eigenvalue weighted by atomic mass is 32.2. The van der Waals surface area contributed by atoms with E-state index in [0.29, 0.717) is 34.7 Å². The first-order valence-corrected chi connectivity index (χ1v) is 13.2. The third-order valence-electron chi connectivity index (χ3n) is 6.87. The van der Waals surface area contributed by atoms with E-state index in [0.717, 1.165) is 25.6 Å². The summed E-state index contributed by atoms with van der Waals surface area (Å²) in [5.41, 5.74) is 7.29. The molecule has 0 aromatic heterocycles. The molecular formula is C25H33N3O3S. The Balaban J connectivity index is 1.35.